The number of hydrogen-bond acceptors (Lipinski definition) is 3. The van der Waals surface area contributed by atoms with Gasteiger partial charge in [0, 0.05) is 28.3 Å². The molecule has 0 aromatic carbocycles. The molecule has 0 aliphatic heterocycles. The van der Waals surface area contributed by atoms with Crippen molar-refractivity contribution in [1.82, 2.24) is 14.9 Å². The molecule has 2 aromatic heterocycles. The molecule has 2 heterocycles. The van der Waals surface area contributed by atoms with E-state index in [1.807, 2.05) is 24.6 Å². The highest BCUT2D eigenvalue weighted by Gasteiger charge is 2.28. The summed E-state index contributed by atoms with van der Waals surface area (Å²) in [5, 5.41) is 5.85. The van der Waals surface area contributed by atoms with Crippen LogP contribution in [0.3, 0.4) is 0 Å². The van der Waals surface area contributed by atoms with Gasteiger partial charge in [0.25, 0.3) is 5.91 Å². The smallest absolute Gasteiger partial charge is 0.268 e. The Morgan fingerprint density at radius 1 is 1.63 bits per heavy atom. The van der Waals surface area contributed by atoms with Gasteiger partial charge >= 0.3 is 0 Å². The zero-order chi connectivity index (χ0) is 13.4. The Hall–Kier alpha value is -1.14. The normalized spacial score (nSPS) is 16.3. The Morgan fingerprint density at radius 3 is 3.05 bits per heavy atom. The number of halogens is 1. The summed E-state index contributed by atoms with van der Waals surface area (Å²) in [7, 11) is 0. The zero-order valence-corrected chi connectivity index (χ0v) is 12.9. The van der Waals surface area contributed by atoms with Crippen LogP contribution in [-0.2, 0) is 0 Å². The molecule has 1 aliphatic rings. The van der Waals surface area contributed by atoms with E-state index in [0.717, 1.165) is 28.0 Å². The average molecular weight is 340 g/mol. The first-order valence-electron chi connectivity index (χ1n) is 6.23. The Kier molecular flexibility index (Phi) is 3.45. The summed E-state index contributed by atoms with van der Waals surface area (Å²) in [6.45, 7) is 1.95. The molecular formula is C13H14BrN3OS. The van der Waals surface area contributed by atoms with Crippen molar-refractivity contribution >= 4 is 33.2 Å². The van der Waals surface area contributed by atoms with E-state index in [0.29, 0.717) is 6.04 Å². The average Bonchev–Trinajstić information content (AvgIpc) is 2.91. The molecule has 0 radical (unpaired) electrons. The molecule has 100 valence electrons. The van der Waals surface area contributed by atoms with Crippen LogP contribution in [0.4, 0.5) is 0 Å². The van der Waals surface area contributed by atoms with Crippen molar-refractivity contribution in [3.05, 3.63) is 39.0 Å². The van der Waals surface area contributed by atoms with Gasteiger partial charge in [0.2, 0.25) is 0 Å². The predicted octanol–water partition coefficient (Wildman–Crippen LogP) is 3.53. The van der Waals surface area contributed by atoms with Crippen molar-refractivity contribution in [1.29, 1.82) is 0 Å². The summed E-state index contributed by atoms with van der Waals surface area (Å²) in [6, 6.07) is 2.30. The number of rotatable bonds is 4. The first-order valence-corrected chi connectivity index (χ1v) is 7.90. The van der Waals surface area contributed by atoms with Crippen molar-refractivity contribution in [2.75, 3.05) is 0 Å². The van der Waals surface area contributed by atoms with Gasteiger partial charge in [-0.05, 0) is 41.8 Å². The lowest BCUT2D eigenvalue weighted by molar-refractivity contribution is 0.0930. The van der Waals surface area contributed by atoms with E-state index in [-0.39, 0.29) is 11.9 Å². The van der Waals surface area contributed by atoms with Gasteiger partial charge in [-0.2, -0.15) is 0 Å². The van der Waals surface area contributed by atoms with Crippen molar-refractivity contribution in [2.45, 2.75) is 31.8 Å². The Balaban J connectivity index is 1.77. The predicted molar refractivity (Wildman–Crippen MR) is 78.4 cm³/mol. The van der Waals surface area contributed by atoms with Gasteiger partial charge in [-0.1, -0.05) is 0 Å². The molecule has 1 amide bonds. The Morgan fingerprint density at radius 2 is 2.42 bits per heavy atom. The lowest BCUT2D eigenvalue weighted by atomic mass is 10.3. The summed E-state index contributed by atoms with van der Waals surface area (Å²) < 4.78 is 3.01. The second-order valence-corrected chi connectivity index (χ2v) is 6.59. The van der Waals surface area contributed by atoms with Gasteiger partial charge in [0.05, 0.1) is 6.04 Å². The second-order valence-electron chi connectivity index (χ2n) is 4.75. The molecule has 1 aliphatic carbocycles. The monoisotopic (exact) mass is 339 g/mol. The summed E-state index contributed by atoms with van der Waals surface area (Å²) in [5.41, 5.74) is 0.720. The molecule has 4 nitrogen and oxygen atoms in total. The van der Waals surface area contributed by atoms with E-state index in [4.69, 9.17) is 0 Å². The molecule has 19 heavy (non-hydrogen) atoms. The number of amides is 1. The van der Waals surface area contributed by atoms with Gasteiger partial charge in [-0.3, -0.25) is 4.79 Å². The maximum absolute atomic E-state index is 12.3. The van der Waals surface area contributed by atoms with Crippen LogP contribution in [0.2, 0.25) is 0 Å². The van der Waals surface area contributed by atoms with E-state index in [9.17, 15) is 4.79 Å². The minimum atomic E-state index is -0.0613. The molecule has 0 spiro atoms. The highest BCUT2D eigenvalue weighted by molar-refractivity contribution is 9.10. The molecule has 1 N–H and O–H groups in total. The number of hydrogen-bond donors (Lipinski definition) is 1. The number of nitrogens with one attached hydrogen (secondary N) is 1. The molecule has 1 atom stereocenters. The van der Waals surface area contributed by atoms with Gasteiger partial charge in [0.15, 0.2) is 0 Å². The van der Waals surface area contributed by atoms with Gasteiger partial charge in [-0.15, -0.1) is 11.3 Å². The lowest BCUT2D eigenvalue weighted by Gasteiger charge is -2.12. The third-order valence-corrected chi connectivity index (χ3v) is 4.55. The number of aromatic nitrogens is 2. The fraction of sp³-hybridized carbons (Fsp3) is 0.385. The minimum Gasteiger partial charge on any atom is -0.342 e. The second kappa shape index (κ2) is 5.09. The maximum atomic E-state index is 12.3. The Labute approximate surface area is 124 Å². The third-order valence-electron chi connectivity index (χ3n) is 3.16. The number of nitrogens with zero attached hydrogens (tertiary/aromatic N) is 2. The van der Waals surface area contributed by atoms with Crippen molar-refractivity contribution in [3.63, 3.8) is 0 Å². The molecular weight excluding hydrogens is 326 g/mol. The standard InChI is InChI=1S/C13H14BrN3OS/c1-8(13-15-4-5-19-13)16-12(18)11-6-9(14)7-17(11)10-2-3-10/h4-8,10H,2-3H2,1H3,(H,16,18). The number of thiazole rings is 1. The SMILES string of the molecule is CC(NC(=O)c1cc(Br)cn1C1CC1)c1nccs1. The van der Waals surface area contributed by atoms with E-state index in [2.05, 4.69) is 30.8 Å². The van der Waals surface area contributed by atoms with E-state index in [1.54, 1.807) is 17.5 Å². The maximum Gasteiger partial charge on any atom is 0.268 e. The summed E-state index contributed by atoms with van der Waals surface area (Å²) in [4.78, 5) is 16.6. The topological polar surface area (TPSA) is 46.9 Å². The van der Waals surface area contributed by atoms with Gasteiger partial charge in [0.1, 0.15) is 10.7 Å². The van der Waals surface area contributed by atoms with Gasteiger partial charge < -0.3 is 9.88 Å². The Bertz CT molecular complexity index is 589. The zero-order valence-electron chi connectivity index (χ0n) is 10.5. The van der Waals surface area contributed by atoms with E-state index >= 15 is 0 Å². The highest BCUT2D eigenvalue weighted by Crippen LogP contribution is 2.37. The van der Waals surface area contributed by atoms with Crippen molar-refractivity contribution in [2.24, 2.45) is 0 Å². The van der Waals surface area contributed by atoms with Crippen LogP contribution in [0.15, 0.2) is 28.3 Å². The fourth-order valence-corrected chi connectivity index (χ4v) is 3.15. The molecule has 1 saturated carbocycles. The number of carbonyl (C=O) groups is 1. The van der Waals surface area contributed by atoms with Crippen LogP contribution in [0, 0.1) is 0 Å². The molecule has 0 bridgehead atoms. The van der Waals surface area contributed by atoms with Crippen molar-refractivity contribution in [3.8, 4) is 0 Å². The fourth-order valence-electron chi connectivity index (χ4n) is 2.06. The van der Waals surface area contributed by atoms with Crippen molar-refractivity contribution < 1.29 is 4.79 Å². The largest absolute Gasteiger partial charge is 0.342 e. The molecule has 1 unspecified atom stereocenters. The quantitative estimate of drug-likeness (QED) is 0.926. The third kappa shape index (κ3) is 2.74. The summed E-state index contributed by atoms with van der Waals surface area (Å²) in [6.07, 6.45) is 6.06. The van der Waals surface area contributed by atoms with Crippen LogP contribution in [0.5, 0.6) is 0 Å². The molecule has 1 fully saturated rings. The highest BCUT2D eigenvalue weighted by atomic mass is 79.9. The molecule has 2 aromatic rings. The first-order chi connectivity index (χ1) is 9.15. The lowest BCUT2D eigenvalue weighted by Crippen LogP contribution is -2.28. The molecule has 0 saturated heterocycles. The first kappa shape index (κ1) is 12.9. The molecule has 3 rings (SSSR count). The van der Waals surface area contributed by atoms with Crippen LogP contribution < -0.4 is 5.32 Å². The van der Waals surface area contributed by atoms with Crippen LogP contribution in [-0.4, -0.2) is 15.5 Å². The minimum absolute atomic E-state index is 0.0414. The van der Waals surface area contributed by atoms with Crippen LogP contribution >= 0.6 is 27.3 Å². The van der Waals surface area contributed by atoms with Crippen LogP contribution in [0.1, 0.15) is 47.3 Å². The van der Waals surface area contributed by atoms with Gasteiger partial charge in [-0.25, -0.2) is 4.98 Å². The molecule has 6 heteroatoms. The summed E-state index contributed by atoms with van der Waals surface area (Å²) in [5.74, 6) is -0.0414. The summed E-state index contributed by atoms with van der Waals surface area (Å²) >= 11 is 5.00. The van der Waals surface area contributed by atoms with E-state index in [1.165, 1.54) is 0 Å². The number of carbonyl (C=O) groups excluding carboxylic acids is 1. The van der Waals surface area contributed by atoms with Crippen LogP contribution in [0.25, 0.3) is 0 Å². The van der Waals surface area contributed by atoms with E-state index < -0.39 is 0 Å².